The number of nitrogens with zero attached hydrogens (tertiary/aromatic N) is 1. The molecule has 0 bridgehead atoms. The summed E-state index contributed by atoms with van der Waals surface area (Å²) in [5, 5.41) is 10.9. The Kier molecular flexibility index (Phi) is 4.47. The van der Waals surface area contributed by atoms with Crippen LogP contribution >= 0.6 is 0 Å². The van der Waals surface area contributed by atoms with Gasteiger partial charge >= 0.3 is 0 Å². The van der Waals surface area contributed by atoms with Crippen molar-refractivity contribution in [3.05, 3.63) is 30.1 Å². The highest BCUT2D eigenvalue weighted by Gasteiger charge is 2.17. The Morgan fingerprint density at radius 1 is 1.31 bits per heavy atom. The standard InChI is InChI=1S/C13H19NO2/c1-4-10(3)11-6-8-14(9-7-11)12(5-2)13(15)16/h6-10,12H,4-5H2,1-3H3. The van der Waals surface area contributed by atoms with Gasteiger partial charge in [0.2, 0.25) is 0 Å². The van der Waals surface area contributed by atoms with Crippen LogP contribution in [0.3, 0.4) is 0 Å². The van der Waals surface area contributed by atoms with Gasteiger partial charge in [0.15, 0.2) is 18.4 Å². The summed E-state index contributed by atoms with van der Waals surface area (Å²) in [6, 6.07) is 3.41. The number of aliphatic carboxylic acids is 1. The first-order valence-corrected chi connectivity index (χ1v) is 5.81. The number of carbonyl (C=O) groups excluding carboxylic acids is 1. The summed E-state index contributed by atoms with van der Waals surface area (Å²) in [6.07, 6.45) is 5.27. The van der Waals surface area contributed by atoms with Crippen LogP contribution in [0.15, 0.2) is 24.5 Å². The van der Waals surface area contributed by atoms with Gasteiger partial charge in [-0.1, -0.05) is 20.8 Å². The van der Waals surface area contributed by atoms with Gasteiger partial charge in [0.25, 0.3) is 0 Å². The van der Waals surface area contributed by atoms with Crippen LogP contribution < -0.4 is 9.67 Å². The van der Waals surface area contributed by atoms with E-state index in [9.17, 15) is 9.90 Å². The Morgan fingerprint density at radius 2 is 1.88 bits per heavy atom. The zero-order chi connectivity index (χ0) is 12.1. The van der Waals surface area contributed by atoms with Crippen molar-refractivity contribution in [1.29, 1.82) is 0 Å². The number of carboxylic acids is 1. The molecule has 0 amide bonds. The quantitative estimate of drug-likeness (QED) is 0.701. The predicted octanol–water partition coefficient (Wildman–Crippen LogP) is 1.19. The number of aromatic nitrogens is 1. The molecule has 16 heavy (non-hydrogen) atoms. The predicted molar refractivity (Wildman–Crippen MR) is 59.7 cm³/mol. The summed E-state index contributed by atoms with van der Waals surface area (Å²) in [6.45, 7) is 6.15. The maximum Gasteiger partial charge on any atom is 0.197 e. The van der Waals surface area contributed by atoms with Gasteiger partial charge in [0.05, 0.1) is 0 Å². The van der Waals surface area contributed by atoms with Crippen molar-refractivity contribution in [2.75, 3.05) is 0 Å². The molecule has 2 atom stereocenters. The molecule has 0 saturated heterocycles. The van der Waals surface area contributed by atoms with E-state index < -0.39 is 12.0 Å². The molecule has 3 heteroatoms. The fraction of sp³-hybridized carbons (Fsp3) is 0.538. The van der Waals surface area contributed by atoms with Crippen LogP contribution in [0.2, 0.25) is 0 Å². The van der Waals surface area contributed by atoms with Gasteiger partial charge < -0.3 is 9.90 Å². The maximum atomic E-state index is 10.9. The summed E-state index contributed by atoms with van der Waals surface area (Å²) in [4.78, 5) is 10.9. The zero-order valence-electron chi connectivity index (χ0n) is 10.1. The maximum absolute atomic E-state index is 10.9. The molecule has 0 aliphatic carbocycles. The van der Waals surface area contributed by atoms with Gasteiger partial charge in [-0.3, -0.25) is 0 Å². The van der Waals surface area contributed by atoms with Crippen LogP contribution in [0.5, 0.6) is 0 Å². The molecule has 1 rings (SSSR count). The van der Waals surface area contributed by atoms with Crippen LogP contribution in [0.4, 0.5) is 0 Å². The smallest absolute Gasteiger partial charge is 0.197 e. The number of pyridine rings is 1. The minimum atomic E-state index is -1.02. The summed E-state index contributed by atoms with van der Waals surface area (Å²) in [5.41, 5.74) is 1.24. The summed E-state index contributed by atoms with van der Waals surface area (Å²) in [7, 11) is 0. The van der Waals surface area contributed by atoms with Crippen molar-refractivity contribution in [2.45, 2.75) is 45.6 Å². The molecule has 3 nitrogen and oxygen atoms in total. The van der Waals surface area contributed by atoms with E-state index in [0.717, 1.165) is 6.42 Å². The van der Waals surface area contributed by atoms with Gasteiger partial charge in [-0.15, -0.1) is 0 Å². The Bertz CT molecular complexity index is 345. The van der Waals surface area contributed by atoms with Crippen molar-refractivity contribution < 1.29 is 14.5 Å². The van der Waals surface area contributed by atoms with E-state index in [2.05, 4.69) is 13.8 Å². The van der Waals surface area contributed by atoms with E-state index in [1.807, 2.05) is 31.5 Å². The first-order chi connectivity index (χ1) is 7.60. The first kappa shape index (κ1) is 12.7. The fourth-order valence-electron chi connectivity index (χ4n) is 1.72. The average Bonchev–Trinajstić information content (AvgIpc) is 2.29. The fourth-order valence-corrected chi connectivity index (χ4v) is 1.72. The Hall–Kier alpha value is -1.38. The van der Waals surface area contributed by atoms with Crippen molar-refractivity contribution >= 4 is 5.97 Å². The highest BCUT2D eigenvalue weighted by atomic mass is 16.4. The van der Waals surface area contributed by atoms with Crippen molar-refractivity contribution in [2.24, 2.45) is 0 Å². The van der Waals surface area contributed by atoms with E-state index in [0.29, 0.717) is 12.3 Å². The van der Waals surface area contributed by atoms with E-state index >= 15 is 0 Å². The van der Waals surface area contributed by atoms with E-state index in [1.165, 1.54) is 5.56 Å². The Labute approximate surface area is 96.7 Å². The van der Waals surface area contributed by atoms with Gasteiger partial charge in [-0.2, -0.15) is 4.57 Å². The molecule has 0 saturated carbocycles. The first-order valence-electron chi connectivity index (χ1n) is 5.81. The highest BCUT2D eigenvalue weighted by molar-refractivity contribution is 5.67. The third kappa shape index (κ3) is 2.81. The van der Waals surface area contributed by atoms with Crippen molar-refractivity contribution in [3.8, 4) is 0 Å². The molecular weight excluding hydrogens is 202 g/mol. The molecule has 0 N–H and O–H groups in total. The minimum Gasteiger partial charge on any atom is -0.543 e. The molecule has 0 aromatic carbocycles. The lowest BCUT2D eigenvalue weighted by atomic mass is 10.00. The molecule has 0 aliphatic rings. The summed E-state index contributed by atoms with van der Waals surface area (Å²) >= 11 is 0. The molecule has 88 valence electrons. The molecule has 1 aromatic rings. The zero-order valence-corrected chi connectivity index (χ0v) is 10.1. The van der Waals surface area contributed by atoms with E-state index in [-0.39, 0.29) is 0 Å². The van der Waals surface area contributed by atoms with Crippen LogP contribution in [0.25, 0.3) is 0 Å². The summed E-state index contributed by atoms with van der Waals surface area (Å²) in [5.74, 6) is -0.513. The van der Waals surface area contributed by atoms with Crippen LogP contribution in [-0.2, 0) is 4.79 Å². The second kappa shape index (κ2) is 5.64. The Morgan fingerprint density at radius 3 is 2.25 bits per heavy atom. The van der Waals surface area contributed by atoms with Crippen LogP contribution in [0.1, 0.15) is 51.1 Å². The topological polar surface area (TPSA) is 44.0 Å². The largest absolute Gasteiger partial charge is 0.543 e. The van der Waals surface area contributed by atoms with Crippen LogP contribution in [-0.4, -0.2) is 5.97 Å². The van der Waals surface area contributed by atoms with E-state index in [1.54, 1.807) is 4.57 Å². The molecule has 0 aliphatic heterocycles. The lowest BCUT2D eigenvalue weighted by Gasteiger charge is -2.12. The van der Waals surface area contributed by atoms with Gasteiger partial charge in [-0.25, -0.2) is 0 Å². The number of hydrogen-bond donors (Lipinski definition) is 0. The lowest BCUT2D eigenvalue weighted by Crippen LogP contribution is -2.48. The third-order valence-electron chi connectivity index (χ3n) is 3.08. The third-order valence-corrected chi connectivity index (χ3v) is 3.08. The SMILES string of the molecule is CCC(C)c1cc[n+](C(CC)C(=O)[O-])cc1. The molecular formula is C13H19NO2. The number of carbonyl (C=O) groups is 1. The van der Waals surface area contributed by atoms with Gasteiger partial charge in [0, 0.05) is 18.6 Å². The molecule has 1 aromatic heterocycles. The molecule has 2 unspecified atom stereocenters. The number of hydrogen-bond acceptors (Lipinski definition) is 2. The van der Waals surface area contributed by atoms with Crippen LogP contribution in [0, 0.1) is 0 Å². The molecule has 0 radical (unpaired) electrons. The molecule has 0 fully saturated rings. The van der Waals surface area contributed by atoms with Gasteiger partial charge in [0.1, 0.15) is 5.97 Å². The van der Waals surface area contributed by atoms with E-state index in [4.69, 9.17) is 0 Å². The van der Waals surface area contributed by atoms with Crippen molar-refractivity contribution in [1.82, 2.24) is 0 Å². The molecule has 0 spiro atoms. The number of carboxylic acid groups (broad SMARTS) is 1. The summed E-state index contributed by atoms with van der Waals surface area (Å²) < 4.78 is 1.70. The van der Waals surface area contributed by atoms with Gasteiger partial charge in [-0.05, 0) is 17.9 Å². The second-order valence-electron chi connectivity index (χ2n) is 4.13. The second-order valence-corrected chi connectivity index (χ2v) is 4.13. The highest BCUT2D eigenvalue weighted by Crippen LogP contribution is 2.16. The average molecular weight is 221 g/mol. The number of rotatable bonds is 5. The van der Waals surface area contributed by atoms with Crippen molar-refractivity contribution in [3.63, 3.8) is 0 Å². The minimum absolute atomic E-state index is 0.512. The monoisotopic (exact) mass is 221 g/mol. The Balaban J connectivity index is 2.89. The normalized spacial score (nSPS) is 14.4. The lowest BCUT2D eigenvalue weighted by molar-refractivity contribution is -0.716. The molecule has 1 heterocycles.